The van der Waals surface area contributed by atoms with Gasteiger partial charge in [0.15, 0.2) is 0 Å². The summed E-state index contributed by atoms with van der Waals surface area (Å²) in [7, 11) is -0.450. The van der Waals surface area contributed by atoms with Crippen LogP contribution in [0.4, 0.5) is 0 Å². The maximum Gasteiger partial charge on any atom is 0.241 e. The summed E-state index contributed by atoms with van der Waals surface area (Å²) in [6, 6.07) is 4.78. The Labute approximate surface area is 139 Å². The Morgan fingerprint density at radius 3 is 2.73 bits per heavy atom. The highest BCUT2D eigenvalue weighted by Crippen LogP contribution is 2.27. The van der Waals surface area contributed by atoms with Gasteiger partial charge in [-0.05, 0) is 53.5 Å². The van der Waals surface area contributed by atoms with E-state index in [0.717, 1.165) is 19.4 Å². The lowest BCUT2D eigenvalue weighted by molar-refractivity contribution is 0.122. The number of nitrogens with one attached hydrogen (secondary N) is 2. The van der Waals surface area contributed by atoms with Crippen molar-refractivity contribution in [3.05, 3.63) is 22.7 Å². The van der Waals surface area contributed by atoms with Crippen LogP contribution < -0.4 is 14.8 Å². The molecule has 0 radical (unpaired) electrons. The minimum Gasteiger partial charge on any atom is -0.497 e. The molecule has 1 saturated heterocycles. The average Bonchev–Trinajstić information content (AvgIpc) is 2.94. The molecule has 1 aliphatic heterocycles. The summed E-state index contributed by atoms with van der Waals surface area (Å²) >= 11 is 3.28. The van der Waals surface area contributed by atoms with Crippen molar-refractivity contribution >= 4 is 26.0 Å². The molecule has 1 fully saturated rings. The van der Waals surface area contributed by atoms with Gasteiger partial charge in [-0.25, -0.2) is 13.1 Å². The zero-order valence-electron chi connectivity index (χ0n) is 12.7. The number of rotatable bonds is 7. The number of methoxy groups -OCH3 is 2. The van der Waals surface area contributed by atoms with Crippen molar-refractivity contribution in [2.24, 2.45) is 0 Å². The molecule has 0 saturated carbocycles. The molecule has 22 heavy (non-hydrogen) atoms. The molecule has 1 atom stereocenters. The number of sulfonamides is 1. The lowest BCUT2D eigenvalue weighted by atomic mass is 9.99. The molecule has 0 aromatic heterocycles. The van der Waals surface area contributed by atoms with Crippen LogP contribution >= 0.6 is 15.9 Å². The van der Waals surface area contributed by atoms with Gasteiger partial charge in [0.1, 0.15) is 5.75 Å². The lowest BCUT2D eigenvalue weighted by Crippen LogP contribution is -2.52. The fourth-order valence-electron chi connectivity index (χ4n) is 2.61. The highest BCUT2D eigenvalue weighted by molar-refractivity contribution is 9.10. The van der Waals surface area contributed by atoms with Crippen molar-refractivity contribution in [2.75, 3.05) is 33.9 Å². The zero-order chi connectivity index (χ0) is 16.2. The van der Waals surface area contributed by atoms with E-state index in [9.17, 15) is 8.42 Å². The molecular formula is C14H21BrN2O4S. The van der Waals surface area contributed by atoms with E-state index < -0.39 is 10.0 Å². The van der Waals surface area contributed by atoms with Gasteiger partial charge in [-0.3, -0.25) is 0 Å². The van der Waals surface area contributed by atoms with E-state index in [0.29, 0.717) is 23.4 Å². The predicted octanol–water partition coefficient (Wildman–Crippen LogP) is 1.50. The molecule has 0 aliphatic carbocycles. The minimum atomic E-state index is -3.61. The highest BCUT2D eigenvalue weighted by atomic mass is 79.9. The third-order valence-electron chi connectivity index (χ3n) is 3.78. The smallest absolute Gasteiger partial charge is 0.241 e. The second-order valence-corrected chi connectivity index (χ2v) is 7.95. The van der Waals surface area contributed by atoms with Crippen LogP contribution in [0.5, 0.6) is 5.75 Å². The Hall–Kier alpha value is -0.670. The van der Waals surface area contributed by atoms with E-state index in [-0.39, 0.29) is 10.4 Å². The van der Waals surface area contributed by atoms with E-state index in [2.05, 4.69) is 26.0 Å². The fourth-order valence-corrected chi connectivity index (χ4v) is 4.79. The van der Waals surface area contributed by atoms with E-state index >= 15 is 0 Å². The molecule has 6 nitrogen and oxygen atoms in total. The summed E-state index contributed by atoms with van der Waals surface area (Å²) in [6.45, 7) is 1.64. The highest BCUT2D eigenvalue weighted by Gasteiger charge is 2.35. The maximum atomic E-state index is 12.5. The summed E-state index contributed by atoms with van der Waals surface area (Å²) < 4.78 is 38.5. The SMILES string of the molecule is COCC1(CNS(=O)(=O)c2ccc(OC)cc2Br)CCCN1. The lowest BCUT2D eigenvalue weighted by Gasteiger charge is -2.29. The number of benzene rings is 1. The first-order valence-electron chi connectivity index (χ1n) is 7.00. The van der Waals surface area contributed by atoms with Crippen LogP contribution in [0.15, 0.2) is 27.6 Å². The van der Waals surface area contributed by atoms with Crippen LogP contribution in [-0.2, 0) is 14.8 Å². The molecule has 2 rings (SSSR count). The van der Waals surface area contributed by atoms with Crippen molar-refractivity contribution in [1.29, 1.82) is 0 Å². The zero-order valence-corrected chi connectivity index (χ0v) is 15.1. The monoisotopic (exact) mass is 392 g/mol. The number of halogens is 1. The second-order valence-electron chi connectivity index (χ2n) is 5.36. The third kappa shape index (κ3) is 3.99. The molecule has 124 valence electrons. The van der Waals surface area contributed by atoms with E-state index in [1.54, 1.807) is 19.2 Å². The van der Waals surface area contributed by atoms with Crippen LogP contribution in [0.2, 0.25) is 0 Å². The topological polar surface area (TPSA) is 76.7 Å². The first-order valence-corrected chi connectivity index (χ1v) is 9.27. The Morgan fingerprint density at radius 1 is 1.41 bits per heavy atom. The molecule has 0 amide bonds. The van der Waals surface area contributed by atoms with Gasteiger partial charge in [-0.15, -0.1) is 0 Å². The van der Waals surface area contributed by atoms with Crippen molar-refractivity contribution in [1.82, 2.24) is 10.0 Å². The summed E-state index contributed by atoms with van der Waals surface area (Å²) in [5, 5.41) is 3.34. The standard InChI is InChI=1S/C14H21BrN2O4S/c1-20-10-14(6-3-7-16-14)9-17-22(18,19)13-5-4-11(21-2)8-12(13)15/h4-5,8,16-17H,3,6-7,9-10H2,1-2H3. The Balaban J connectivity index is 2.14. The van der Waals surface area contributed by atoms with Crippen molar-refractivity contribution in [3.8, 4) is 5.75 Å². The van der Waals surface area contributed by atoms with Gasteiger partial charge in [0.05, 0.1) is 24.2 Å². The maximum absolute atomic E-state index is 12.5. The molecule has 0 spiro atoms. The first-order chi connectivity index (χ1) is 10.4. The Kier molecular flexibility index (Phi) is 5.84. The average molecular weight is 393 g/mol. The van der Waals surface area contributed by atoms with Gasteiger partial charge in [-0.1, -0.05) is 0 Å². The molecular weight excluding hydrogens is 372 g/mol. The van der Waals surface area contributed by atoms with Crippen LogP contribution in [-0.4, -0.2) is 47.9 Å². The van der Waals surface area contributed by atoms with Gasteiger partial charge in [0, 0.05) is 18.1 Å². The molecule has 1 unspecified atom stereocenters. The van der Waals surface area contributed by atoms with Gasteiger partial charge in [-0.2, -0.15) is 0 Å². The molecule has 1 heterocycles. The number of hydrogen-bond acceptors (Lipinski definition) is 5. The van der Waals surface area contributed by atoms with Crippen LogP contribution in [0.3, 0.4) is 0 Å². The van der Waals surface area contributed by atoms with Crippen molar-refractivity contribution < 1.29 is 17.9 Å². The largest absolute Gasteiger partial charge is 0.497 e. The molecule has 1 aliphatic rings. The van der Waals surface area contributed by atoms with Crippen LogP contribution in [0.1, 0.15) is 12.8 Å². The molecule has 1 aromatic carbocycles. The summed E-state index contributed by atoms with van der Waals surface area (Å²) in [6.07, 6.45) is 1.89. The van der Waals surface area contributed by atoms with Crippen molar-refractivity contribution in [3.63, 3.8) is 0 Å². The number of ether oxygens (including phenoxy) is 2. The molecule has 0 bridgehead atoms. The Bertz CT molecular complexity index is 615. The third-order valence-corrected chi connectivity index (χ3v) is 6.16. The Morgan fingerprint density at radius 2 is 2.18 bits per heavy atom. The quantitative estimate of drug-likeness (QED) is 0.735. The normalized spacial score (nSPS) is 22.0. The van der Waals surface area contributed by atoms with E-state index in [1.165, 1.54) is 13.2 Å². The summed E-state index contributed by atoms with van der Waals surface area (Å²) in [5.41, 5.74) is -0.333. The van der Waals surface area contributed by atoms with Crippen LogP contribution in [0.25, 0.3) is 0 Å². The molecule has 8 heteroatoms. The van der Waals surface area contributed by atoms with Gasteiger partial charge in [0.2, 0.25) is 10.0 Å². The summed E-state index contributed by atoms with van der Waals surface area (Å²) in [5.74, 6) is 0.596. The minimum absolute atomic E-state index is 0.193. The van der Waals surface area contributed by atoms with E-state index in [4.69, 9.17) is 9.47 Å². The second kappa shape index (κ2) is 7.27. The number of hydrogen-bond donors (Lipinski definition) is 2. The van der Waals surface area contributed by atoms with E-state index in [1.807, 2.05) is 0 Å². The first kappa shape index (κ1) is 17.7. The van der Waals surface area contributed by atoms with Gasteiger partial charge >= 0.3 is 0 Å². The molecule has 2 N–H and O–H groups in total. The van der Waals surface area contributed by atoms with Crippen molar-refractivity contribution in [2.45, 2.75) is 23.3 Å². The van der Waals surface area contributed by atoms with Gasteiger partial charge in [0.25, 0.3) is 0 Å². The predicted molar refractivity (Wildman–Crippen MR) is 87.7 cm³/mol. The van der Waals surface area contributed by atoms with Crippen LogP contribution in [0, 0.1) is 0 Å². The van der Waals surface area contributed by atoms with Gasteiger partial charge < -0.3 is 14.8 Å². The summed E-state index contributed by atoms with van der Waals surface area (Å²) in [4.78, 5) is 0.193. The fraction of sp³-hybridized carbons (Fsp3) is 0.571. The molecule has 1 aromatic rings.